The number of amides is 1. The molecule has 0 aromatic heterocycles. The van der Waals surface area contributed by atoms with Crippen molar-refractivity contribution in [1.82, 2.24) is 5.32 Å². The molecule has 0 heterocycles. The minimum atomic E-state index is -0.838. The van der Waals surface area contributed by atoms with E-state index in [0.717, 1.165) is 25.7 Å². The second-order valence-electron chi connectivity index (χ2n) is 13.7. The van der Waals surface area contributed by atoms with E-state index in [2.05, 4.69) is 31.3 Å². The molecule has 0 bridgehead atoms. The SMILES string of the molecule is CCC/C=C/CCCCCCCC/C=C/[C@@H](O)[C@H](CO)NC(=O)CCCCCCCCCCCCCCCCCCCCCC. The number of rotatable bonds is 36. The highest BCUT2D eigenvalue weighted by atomic mass is 16.3. The van der Waals surface area contributed by atoms with E-state index >= 15 is 0 Å². The van der Waals surface area contributed by atoms with Gasteiger partial charge in [-0.2, -0.15) is 0 Å². The van der Waals surface area contributed by atoms with Gasteiger partial charge in [-0.05, 0) is 38.5 Å². The Hall–Kier alpha value is -1.13. The summed E-state index contributed by atoms with van der Waals surface area (Å²) in [6.07, 6.45) is 47.0. The van der Waals surface area contributed by atoms with Gasteiger partial charge < -0.3 is 15.5 Å². The number of carbonyl (C=O) groups excluding carboxylic acids is 1. The Morgan fingerprint density at radius 1 is 0.511 bits per heavy atom. The van der Waals surface area contributed by atoms with Crippen molar-refractivity contribution in [3.8, 4) is 0 Å². The van der Waals surface area contributed by atoms with Crippen molar-refractivity contribution in [3.63, 3.8) is 0 Å². The molecule has 0 rings (SSSR count). The molecule has 0 aliphatic heterocycles. The molecule has 1 amide bonds. The summed E-state index contributed by atoms with van der Waals surface area (Å²) in [6, 6.07) is -0.620. The lowest BCUT2D eigenvalue weighted by Crippen LogP contribution is -2.45. The molecule has 0 aliphatic carbocycles. The second-order valence-corrected chi connectivity index (χ2v) is 13.7. The number of hydrogen-bond acceptors (Lipinski definition) is 3. The highest BCUT2D eigenvalue weighted by Gasteiger charge is 2.17. The first-order valence-electron chi connectivity index (χ1n) is 20.1. The molecule has 0 saturated heterocycles. The molecule has 0 aromatic carbocycles. The van der Waals surface area contributed by atoms with Crippen molar-refractivity contribution in [2.24, 2.45) is 0 Å². The minimum Gasteiger partial charge on any atom is -0.394 e. The van der Waals surface area contributed by atoms with Crippen LogP contribution in [0.25, 0.3) is 0 Å². The van der Waals surface area contributed by atoms with Crippen molar-refractivity contribution in [2.45, 2.75) is 225 Å². The van der Waals surface area contributed by atoms with Gasteiger partial charge in [-0.25, -0.2) is 0 Å². The molecule has 0 spiro atoms. The van der Waals surface area contributed by atoms with E-state index in [1.54, 1.807) is 6.08 Å². The van der Waals surface area contributed by atoms with Crippen LogP contribution in [0.1, 0.15) is 213 Å². The predicted octanol–water partition coefficient (Wildman–Crippen LogP) is 12.1. The molecule has 266 valence electrons. The van der Waals surface area contributed by atoms with E-state index in [4.69, 9.17) is 0 Å². The summed E-state index contributed by atoms with van der Waals surface area (Å²) in [5, 5.41) is 22.9. The quantitative estimate of drug-likeness (QED) is 0.0475. The van der Waals surface area contributed by atoms with Crippen LogP contribution in [-0.2, 0) is 4.79 Å². The average molecular weight is 634 g/mol. The van der Waals surface area contributed by atoms with Crippen molar-refractivity contribution < 1.29 is 15.0 Å². The first-order valence-corrected chi connectivity index (χ1v) is 20.1. The number of unbranched alkanes of at least 4 members (excludes halogenated alkanes) is 27. The summed E-state index contributed by atoms with van der Waals surface area (Å²) in [5.41, 5.74) is 0. The van der Waals surface area contributed by atoms with Crippen LogP contribution in [0.3, 0.4) is 0 Å². The fraction of sp³-hybridized carbons (Fsp3) is 0.878. The standard InChI is InChI=1S/C41H79NO3/c1-3-5-7-9-11-13-15-17-18-19-20-21-22-23-25-27-29-31-33-35-37-41(45)42-39(38-43)40(44)36-34-32-30-28-26-24-16-14-12-10-8-6-4-2/h8,10,34,36,39-40,43-44H,3-7,9,11-33,35,37-38H2,1-2H3,(H,42,45)/b10-8+,36-34+/t39-,40+/m0/s1. The van der Waals surface area contributed by atoms with Crippen LogP contribution >= 0.6 is 0 Å². The van der Waals surface area contributed by atoms with E-state index in [-0.39, 0.29) is 12.5 Å². The summed E-state index contributed by atoms with van der Waals surface area (Å²) in [5.74, 6) is -0.0650. The van der Waals surface area contributed by atoms with E-state index in [0.29, 0.717) is 6.42 Å². The maximum atomic E-state index is 12.3. The van der Waals surface area contributed by atoms with Crippen molar-refractivity contribution in [2.75, 3.05) is 6.61 Å². The molecule has 45 heavy (non-hydrogen) atoms. The topological polar surface area (TPSA) is 69.6 Å². The Labute approximate surface area is 281 Å². The lowest BCUT2D eigenvalue weighted by Gasteiger charge is -2.20. The third kappa shape index (κ3) is 34.0. The van der Waals surface area contributed by atoms with Crippen LogP contribution in [0.5, 0.6) is 0 Å². The van der Waals surface area contributed by atoms with Crippen LogP contribution in [0.15, 0.2) is 24.3 Å². The Bertz CT molecular complexity index is 647. The van der Waals surface area contributed by atoms with Gasteiger partial charge in [-0.1, -0.05) is 192 Å². The summed E-state index contributed by atoms with van der Waals surface area (Å²) >= 11 is 0. The summed E-state index contributed by atoms with van der Waals surface area (Å²) in [7, 11) is 0. The number of nitrogens with one attached hydrogen (secondary N) is 1. The second kappa shape index (κ2) is 37.3. The van der Waals surface area contributed by atoms with E-state index in [1.165, 1.54) is 167 Å². The number of hydrogen-bond donors (Lipinski definition) is 3. The lowest BCUT2D eigenvalue weighted by molar-refractivity contribution is -0.123. The molecule has 0 saturated carbocycles. The number of aliphatic hydroxyl groups is 2. The fourth-order valence-electron chi connectivity index (χ4n) is 6.06. The Balaban J connectivity index is 3.54. The molecule has 2 atom stereocenters. The molecule has 0 aromatic rings. The van der Waals surface area contributed by atoms with Crippen LogP contribution in [0, 0.1) is 0 Å². The lowest BCUT2D eigenvalue weighted by atomic mass is 10.0. The van der Waals surface area contributed by atoms with Crippen LogP contribution in [0.2, 0.25) is 0 Å². The molecule has 0 fully saturated rings. The Kier molecular flexibility index (Phi) is 36.4. The number of aliphatic hydroxyl groups excluding tert-OH is 2. The van der Waals surface area contributed by atoms with Gasteiger partial charge >= 0.3 is 0 Å². The minimum absolute atomic E-state index is 0.0650. The van der Waals surface area contributed by atoms with Gasteiger partial charge in [-0.15, -0.1) is 0 Å². The predicted molar refractivity (Wildman–Crippen MR) is 198 cm³/mol. The Morgan fingerprint density at radius 2 is 0.889 bits per heavy atom. The van der Waals surface area contributed by atoms with Crippen LogP contribution in [-0.4, -0.2) is 34.9 Å². The Morgan fingerprint density at radius 3 is 1.31 bits per heavy atom. The molecular formula is C41H79NO3. The zero-order valence-electron chi connectivity index (χ0n) is 30.4. The molecule has 0 aliphatic rings. The third-order valence-corrected chi connectivity index (χ3v) is 9.16. The zero-order chi connectivity index (χ0) is 32.9. The maximum absolute atomic E-state index is 12.3. The van der Waals surface area contributed by atoms with Crippen molar-refractivity contribution in [1.29, 1.82) is 0 Å². The van der Waals surface area contributed by atoms with Crippen LogP contribution in [0.4, 0.5) is 0 Å². The number of carbonyl (C=O) groups is 1. The van der Waals surface area contributed by atoms with E-state index < -0.39 is 12.1 Å². The summed E-state index contributed by atoms with van der Waals surface area (Å²) < 4.78 is 0. The summed E-state index contributed by atoms with van der Waals surface area (Å²) in [4.78, 5) is 12.3. The first-order chi connectivity index (χ1) is 22.2. The van der Waals surface area contributed by atoms with E-state index in [1.807, 2.05) is 6.08 Å². The molecule has 0 radical (unpaired) electrons. The van der Waals surface area contributed by atoms with Gasteiger partial charge in [0.15, 0.2) is 0 Å². The van der Waals surface area contributed by atoms with E-state index in [9.17, 15) is 15.0 Å². The average Bonchev–Trinajstić information content (AvgIpc) is 3.04. The summed E-state index contributed by atoms with van der Waals surface area (Å²) in [6.45, 7) is 4.26. The van der Waals surface area contributed by atoms with Gasteiger partial charge in [-0.3, -0.25) is 4.79 Å². The normalized spacial score (nSPS) is 13.2. The highest BCUT2D eigenvalue weighted by molar-refractivity contribution is 5.76. The van der Waals surface area contributed by atoms with Gasteiger partial charge in [0.1, 0.15) is 0 Å². The largest absolute Gasteiger partial charge is 0.394 e. The van der Waals surface area contributed by atoms with Crippen molar-refractivity contribution in [3.05, 3.63) is 24.3 Å². The highest BCUT2D eigenvalue weighted by Crippen LogP contribution is 2.15. The van der Waals surface area contributed by atoms with Crippen molar-refractivity contribution >= 4 is 5.91 Å². The van der Waals surface area contributed by atoms with Gasteiger partial charge in [0.05, 0.1) is 18.8 Å². The number of allylic oxidation sites excluding steroid dienone is 3. The molecule has 4 heteroatoms. The maximum Gasteiger partial charge on any atom is 0.220 e. The monoisotopic (exact) mass is 634 g/mol. The fourth-order valence-corrected chi connectivity index (χ4v) is 6.06. The molecular weight excluding hydrogens is 554 g/mol. The zero-order valence-corrected chi connectivity index (χ0v) is 30.4. The molecule has 4 nitrogen and oxygen atoms in total. The molecule has 0 unspecified atom stereocenters. The van der Waals surface area contributed by atoms with Gasteiger partial charge in [0.25, 0.3) is 0 Å². The smallest absolute Gasteiger partial charge is 0.220 e. The first kappa shape index (κ1) is 43.9. The van der Waals surface area contributed by atoms with Gasteiger partial charge in [0.2, 0.25) is 5.91 Å². The third-order valence-electron chi connectivity index (χ3n) is 9.16. The molecule has 3 N–H and O–H groups in total. The van der Waals surface area contributed by atoms with Gasteiger partial charge in [0, 0.05) is 6.42 Å². The van der Waals surface area contributed by atoms with Crippen LogP contribution < -0.4 is 5.32 Å².